The molecule has 0 N–H and O–H groups in total. The van der Waals surface area contributed by atoms with Crippen LogP contribution >= 0.6 is 27.3 Å². The molecule has 0 aliphatic heterocycles. The average Bonchev–Trinajstić information content (AvgIpc) is 2.95. The number of halogens is 1. The zero-order valence-corrected chi connectivity index (χ0v) is 13.4. The first-order valence-electron chi connectivity index (χ1n) is 6.82. The maximum Gasteiger partial charge on any atom is 0.131 e. The predicted molar refractivity (Wildman–Crippen MR) is 83.1 cm³/mol. The summed E-state index contributed by atoms with van der Waals surface area (Å²) in [5, 5.41) is 11.1. The van der Waals surface area contributed by atoms with E-state index in [1.807, 2.05) is 0 Å². The quantitative estimate of drug-likeness (QED) is 0.762. The van der Waals surface area contributed by atoms with Crippen LogP contribution in [0.15, 0.2) is 24.3 Å². The Morgan fingerprint density at radius 1 is 1.32 bits per heavy atom. The molecule has 2 aromatic rings. The number of rotatable bonds is 3. The number of hydrogen-bond acceptors (Lipinski definition) is 3. The molecule has 100 valence electrons. The van der Waals surface area contributed by atoms with Crippen molar-refractivity contribution in [3.05, 3.63) is 45.4 Å². The Morgan fingerprint density at radius 3 is 2.89 bits per heavy atom. The van der Waals surface area contributed by atoms with Gasteiger partial charge in [0, 0.05) is 5.92 Å². The van der Waals surface area contributed by atoms with Crippen molar-refractivity contribution in [3.63, 3.8) is 0 Å². The van der Waals surface area contributed by atoms with Crippen molar-refractivity contribution in [1.29, 1.82) is 0 Å². The molecule has 0 saturated heterocycles. The lowest BCUT2D eigenvalue weighted by Gasteiger charge is -2.22. The van der Waals surface area contributed by atoms with Gasteiger partial charge in [-0.3, -0.25) is 0 Å². The fourth-order valence-corrected chi connectivity index (χ4v) is 4.03. The van der Waals surface area contributed by atoms with E-state index >= 15 is 0 Å². The van der Waals surface area contributed by atoms with Crippen molar-refractivity contribution in [2.75, 3.05) is 0 Å². The molecule has 1 aliphatic rings. The van der Waals surface area contributed by atoms with Gasteiger partial charge in [-0.05, 0) is 36.8 Å². The Morgan fingerprint density at radius 2 is 2.11 bits per heavy atom. The fraction of sp³-hybridized carbons (Fsp3) is 0.467. The lowest BCUT2D eigenvalue weighted by molar-refractivity contribution is 0.577. The van der Waals surface area contributed by atoms with Gasteiger partial charge in [0.15, 0.2) is 0 Å². The molecule has 1 heterocycles. The first-order valence-corrected chi connectivity index (χ1v) is 8.55. The minimum atomic E-state index is 0.356. The standard InChI is InChI=1S/C15H17BrN2S/c1-2-13(16)15-18-17-14(19-15)12-8-7-10-5-3-4-6-11(10)9-12/h3-6,12-13H,2,7-9H2,1H3. The summed E-state index contributed by atoms with van der Waals surface area (Å²) in [6.07, 6.45) is 4.54. The van der Waals surface area contributed by atoms with Crippen LogP contribution in [-0.2, 0) is 12.8 Å². The number of hydrogen-bond donors (Lipinski definition) is 0. The first-order chi connectivity index (χ1) is 9.28. The van der Waals surface area contributed by atoms with Gasteiger partial charge >= 0.3 is 0 Å². The van der Waals surface area contributed by atoms with Crippen LogP contribution in [0.4, 0.5) is 0 Å². The summed E-state index contributed by atoms with van der Waals surface area (Å²) >= 11 is 5.43. The number of fused-ring (bicyclic) bond motifs is 1. The van der Waals surface area contributed by atoms with E-state index in [1.54, 1.807) is 11.3 Å². The van der Waals surface area contributed by atoms with Crippen LogP contribution in [-0.4, -0.2) is 10.2 Å². The van der Waals surface area contributed by atoms with Crippen molar-refractivity contribution in [1.82, 2.24) is 10.2 Å². The van der Waals surface area contributed by atoms with Crippen LogP contribution in [0.3, 0.4) is 0 Å². The highest BCUT2D eigenvalue weighted by atomic mass is 79.9. The summed E-state index contributed by atoms with van der Waals surface area (Å²) in [6, 6.07) is 8.78. The highest BCUT2D eigenvalue weighted by molar-refractivity contribution is 9.09. The Bertz CT molecular complexity index is 567. The third-order valence-electron chi connectivity index (χ3n) is 3.78. The van der Waals surface area contributed by atoms with Gasteiger partial charge in [-0.2, -0.15) is 0 Å². The minimum absolute atomic E-state index is 0.356. The number of aromatic nitrogens is 2. The Kier molecular flexibility index (Phi) is 3.99. The largest absolute Gasteiger partial charge is 0.143 e. The fourth-order valence-electron chi connectivity index (χ4n) is 2.62. The summed E-state index contributed by atoms with van der Waals surface area (Å²) in [6.45, 7) is 2.16. The molecule has 0 bridgehead atoms. The molecule has 0 amide bonds. The summed E-state index contributed by atoms with van der Waals surface area (Å²) < 4.78 is 0. The molecule has 0 radical (unpaired) electrons. The molecule has 1 aromatic carbocycles. The molecular weight excluding hydrogens is 320 g/mol. The molecule has 0 spiro atoms. The molecule has 4 heteroatoms. The van der Waals surface area contributed by atoms with E-state index in [2.05, 4.69) is 57.3 Å². The molecule has 3 rings (SSSR count). The van der Waals surface area contributed by atoms with E-state index in [0.29, 0.717) is 10.7 Å². The van der Waals surface area contributed by atoms with Crippen molar-refractivity contribution >= 4 is 27.3 Å². The van der Waals surface area contributed by atoms with E-state index in [9.17, 15) is 0 Å². The number of benzene rings is 1. The first kappa shape index (κ1) is 13.3. The van der Waals surface area contributed by atoms with Gasteiger partial charge in [0.2, 0.25) is 0 Å². The van der Waals surface area contributed by atoms with Crippen molar-refractivity contribution < 1.29 is 0 Å². The molecule has 19 heavy (non-hydrogen) atoms. The van der Waals surface area contributed by atoms with Gasteiger partial charge in [-0.1, -0.05) is 47.1 Å². The monoisotopic (exact) mass is 336 g/mol. The SMILES string of the molecule is CCC(Br)c1nnc(C2CCc3ccccc3C2)s1. The van der Waals surface area contributed by atoms with Crippen LogP contribution in [0.2, 0.25) is 0 Å². The van der Waals surface area contributed by atoms with E-state index in [-0.39, 0.29) is 0 Å². The Labute approximate surface area is 126 Å². The highest BCUT2D eigenvalue weighted by Crippen LogP contribution is 2.36. The summed E-state index contributed by atoms with van der Waals surface area (Å²) in [7, 11) is 0. The molecule has 0 fully saturated rings. The lowest BCUT2D eigenvalue weighted by Crippen LogP contribution is -2.12. The van der Waals surface area contributed by atoms with Gasteiger partial charge in [-0.25, -0.2) is 0 Å². The smallest absolute Gasteiger partial charge is 0.131 e. The normalized spacial score (nSPS) is 20.0. The number of nitrogens with zero attached hydrogens (tertiary/aromatic N) is 2. The van der Waals surface area contributed by atoms with Crippen LogP contribution in [0, 0.1) is 0 Å². The lowest BCUT2D eigenvalue weighted by atomic mass is 9.84. The molecular formula is C15H17BrN2S. The van der Waals surface area contributed by atoms with Crippen molar-refractivity contribution in [3.8, 4) is 0 Å². The van der Waals surface area contributed by atoms with E-state index in [4.69, 9.17) is 0 Å². The Hall–Kier alpha value is -0.740. The second-order valence-electron chi connectivity index (χ2n) is 5.06. The highest BCUT2D eigenvalue weighted by Gasteiger charge is 2.24. The maximum absolute atomic E-state index is 4.42. The van der Waals surface area contributed by atoms with E-state index < -0.39 is 0 Å². The predicted octanol–water partition coefficient (Wildman–Crippen LogP) is 4.66. The van der Waals surface area contributed by atoms with E-state index in [1.165, 1.54) is 29.0 Å². The maximum atomic E-state index is 4.42. The molecule has 2 unspecified atom stereocenters. The zero-order valence-electron chi connectivity index (χ0n) is 11.0. The number of alkyl halides is 1. The van der Waals surface area contributed by atoms with Crippen molar-refractivity contribution in [2.24, 2.45) is 0 Å². The molecule has 1 aromatic heterocycles. The van der Waals surface area contributed by atoms with Crippen LogP contribution < -0.4 is 0 Å². The summed E-state index contributed by atoms with van der Waals surface area (Å²) in [5.41, 5.74) is 3.00. The summed E-state index contributed by atoms with van der Waals surface area (Å²) in [4.78, 5) is 0.356. The average molecular weight is 337 g/mol. The van der Waals surface area contributed by atoms with Gasteiger partial charge in [0.25, 0.3) is 0 Å². The zero-order chi connectivity index (χ0) is 13.2. The van der Waals surface area contributed by atoms with Crippen LogP contribution in [0.25, 0.3) is 0 Å². The van der Waals surface area contributed by atoms with Gasteiger partial charge in [-0.15, -0.1) is 21.5 Å². The van der Waals surface area contributed by atoms with Crippen LogP contribution in [0.1, 0.15) is 51.7 Å². The van der Waals surface area contributed by atoms with Crippen LogP contribution in [0.5, 0.6) is 0 Å². The van der Waals surface area contributed by atoms with E-state index in [0.717, 1.165) is 17.8 Å². The topological polar surface area (TPSA) is 25.8 Å². The second-order valence-corrected chi connectivity index (χ2v) is 7.21. The molecule has 1 aliphatic carbocycles. The third-order valence-corrected chi connectivity index (χ3v) is 6.36. The second kappa shape index (κ2) is 5.71. The van der Waals surface area contributed by atoms with Gasteiger partial charge < -0.3 is 0 Å². The minimum Gasteiger partial charge on any atom is -0.143 e. The third kappa shape index (κ3) is 2.75. The van der Waals surface area contributed by atoms with Gasteiger partial charge in [0.05, 0.1) is 4.83 Å². The molecule has 2 nitrogen and oxygen atoms in total. The van der Waals surface area contributed by atoms with Gasteiger partial charge in [0.1, 0.15) is 10.0 Å². The van der Waals surface area contributed by atoms with Crippen molar-refractivity contribution in [2.45, 2.75) is 43.4 Å². The Balaban J connectivity index is 1.79. The summed E-state index contributed by atoms with van der Waals surface area (Å²) in [5.74, 6) is 0.553. The number of aryl methyl sites for hydroxylation is 1. The molecule has 0 saturated carbocycles. The molecule has 2 atom stereocenters.